The molecule has 1 atom stereocenters. The van der Waals surface area contributed by atoms with Crippen molar-refractivity contribution in [2.45, 2.75) is 11.1 Å². The summed E-state index contributed by atoms with van der Waals surface area (Å²) in [7, 11) is 0. The molecule has 1 rings (SSSR count). The van der Waals surface area contributed by atoms with E-state index in [9.17, 15) is 4.39 Å². The van der Waals surface area contributed by atoms with Crippen LogP contribution in [0.5, 0.6) is 0 Å². The largest absolute Gasteiger partial charge is 0.393 e. The molecule has 0 amide bonds. The molecule has 66 valence electrons. The fraction of sp³-hybridized carbons (Fsp3) is 0.333. The van der Waals surface area contributed by atoms with Crippen LogP contribution in [0.1, 0.15) is 11.7 Å². The lowest BCUT2D eigenvalue weighted by atomic mass is 10.1. The normalized spacial score (nSPS) is 12.9. The number of hydrogen-bond donors (Lipinski definition) is 1. The van der Waals surface area contributed by atoms with Crippen molar-refractivity contribution in [2.24, 2.45) is 0 Å². The molecule has 0 saturated carbocycles. The zero-order chi connectivity index (χ0) is 8.97. The summed E-state index contributed by atoms with van der Waals surface area (Å²) in [5.41, 5.74) is 0.576. The molecule has 1 nitrogen and oxygen atoms in total. The molecular weight excluding hydrogens is 175 g/mol. The van der Waals surface area contributed by atoms with Crippen molar-refractivity contribution in [1.29, 1.82) is 0 Å². The van der Waals surface area contributed by atoms with E-state index in [-0.39, 0.29) is 0 Å². The number of halogens is 1. The van der Waals surface area contributed by atoms with Gasteiger partial charge < -0.3 is 5.11 Å². The van der Waals surface area contributed by atoms with E-state index < -0.39 is 12.8 Å². The molecule has 0 aliphatic rings. The van der Waals surface area contributed by atoms with Gasteiger partial charge in [0.15, 0.2) is 0 Å². The molecule has 0 saturated heterocycles. The van der Waals surface area contributed by atoms with Gasteiger partial charge in [-0.3, -0.25) is 0 Å². The molecule has 0 radical (unpaired) electrons. The fourth-order valence-electron chi connectivity index (χ4n) is 1.02. The van der Waals surface area contributed by atoms with Gasteiger partial charge in [0.25, 0.3) is 0 Å². The van der Waals surface area contributed by atoms with Gasteiger partial charge in [-0.15, -0.1) is 11.8 Å². The molecule has 0 spiro atoms. The summed E-state index contributed by atoms with van der Waals surface area (Å²) in [4.78, 5) is 0.888. The number of hydrogen-bond acceptors (Lipinski definition) is 2. The van der Waals surface area contributed by atoms with Gasteiger partial charge in [-0.05, 0) is 12.3 Å². The summed E-state index contributed by atoms with van der Waals surface area (Å²) in [6.07, 6.45) is 0.636. The topological polar surface area (TPSA) is 20.2 Å². The molecule has 1 aromatic carbocycles. The molecule has 0 aliphatic carbocycles. The average molecular weight is 186 g/mol. The maximum atomic E-state index is 13.0. The summed E-state index contributed by atoms with van der Waals surface area (Å²) in [6.45, 7) is -0.447. The summed E-state index contributed by atoms with van der Waals surface area (Å²) < 4.78 is 13.0. The highest BCUT2D eigenvalue weighted by molar-refractivity contribution is 7.98. The van der Waals surface area contributed by atoms with Crippen molar-refractivity contribution in [3.8, 4) is 0 Å². The lowest BCUT2D eigenvalue weighted by molar-refractivity contribution is 0.178. The van der Waals surface area contributed by atoms with Crippen LogP contribution in [0.15, 0.2) is 29.2 Å². The van der Waals surface area contributed by atoms with Crippen molar-refractivity contribution < 1.29 is 9.50 Å². The SMILES string of the molecule is CSc1ccccc1C(F)CO. The van der Waals surface area contributed by atoms with Crippen LogP contribution < -0.4 is 0 Å². The molecule has 0 bridgehead atoms. The summed E-state index contributed by atoms with van der Waals surface area (Å²) >= 11 is 1.49. The Morgan fingerprint density at radius 2 is 2.17 bits per heavy atom. The van der Waals surface area contributed by atoms with Crippen molar-refractivity contribution in [3.05, 3.63) is 29.8 Å². The van der Waals surface area contributed by atoms with Crippen LogP contribution in [-0.2, 0) is 0 Å². The van der Waals surface area contributed by atoms with Gasteiger partial charge in [-0.25, -0.2) is 4.39 Å². The van der Waals surface area contributed by atoms with Gasteiger partial charge >= 0.3 is 0 Å². The number of aliphatic hydroxyl groups excluding tert-OH is 1. The zero-order valence-electron chi connectivity index (χ0n) is 6.83. The van der Waals surface area contributed by atoms with E-state index >= 15 is 0 Å². The Bertz CT molecular complexity index is 252. The standard InChI is InChI=1S/C9H11FOS/c1-12-9-5-3-2-4-7(9)8(10)6-11/h2-5,8,11H,6H2,1H3. The predicted octanol–water partition coefficient (Wildman–Crippen LogP) is 2.41. The second-order valence-corrected chi connectivity index (χ2v) is 3.24. The summed E-state index contributed by atoms with van der Waals surface area (Å²) in [5.74, 6) is 0. The van der Waals surface area contributed by atoms with Gasteiger partial charge in [-0.1, -0.05) is 18.2 Å². The molecule has 1 unspecified atom stereocenters. The lowest BCUT2D eigenvalue weighted by Crippen LogP contribution is -1.98. The van der Waals surface area contributed by atoms with Crippen LogP contribution in [0.4, 0.5) is 4.39 Å². The van der Waals surface area contributed by atoms with Crippen molar-refractivity contribution in [3.63, 3.8) is 0 Å². The highest BCUT2D eigenvalue weighted by Gasteiger charge is 2.11. The minimum Gasteiger partial charge on any atom is -0.393 e. The van der Waals surface area contributed by atoms with E-state index in [0.29, 0.717) is 5.56 Å². The molecule has 0 aromatic heterocycles. The first-order valence-electron chi connectivity index (χ1n) is 3.67. The number of alkyl halides is 1. The van der Waals surface area contributed by atoms with Crippen LogP contribution in [0.2, 0.25) is 0 Å². The first kappa shape index (κ1) is 9.55. The van der Waals surface area contributed by atoms with Gasteiger partial charge in [0.2, 0.25) is 0 Å². The Balaban J connectivity index is 2.96. The van der Waals surface area contributed by atoms with Crippen LogP contribution in [0, 0.1) is 0 Å². The quantitative estimate of drug-likeness (QED) is 0.731. The van der Waals surface area contributed by atoms with Crippen LogP contribution in [0.3, 0.4) is 0 Å². The van der Waals surface area contributed by atoms with E-state index in [1.54, 1.807) is 12.1 Å². The fourth-order valence-corrected chi connectivity index (χ4v) is 1.67. The van der Waals surface area contributed by atoms with E-state index in [1.165, 1.54) is 11.8 Å². The van der Waals surface area contributed by atoms with E-state index in [1.807, 2.05) is 18.4 Å². The van der Waals surface area contributed by atoms with Crippen LogP contribution >= 0.6 is 11.8 Å². The van der Waals surface area contributed by atoms with Crippen molar-refractivity contribution in [1.82, 2.24) is 0 Å². The average Bonchev–Trinajstić information content (AvgIpc) is 2.16. The second kappa shape index (κ2) is 4.48. The molecular formula is C9H11FOS. The molecule has 12 heavy (non-hydrogen) atoms. The monoisotopic (exact) mass is 186 g/mol. The Morgan fingerprint density at radius 1 is 1.50 bits per heavy atom. The summed E-state index contributed by atoms with van der Waals surface area (Å²) in [6, 6.07) is 7.19. The van der Waals surface area contributed by atoms with E-state index in [0.717, 1.165) is 4.90 Å². The molecule has 0 aliphatic heterocycles. The Kier molecular flexibility index (Phi) is 3.56. The third-order valence-corrected chi connectivity index (χ3v) is 2.45. The lowest BCUT2D eigenvalue weighted by Gasteiger charge is -2.08. The number of rotatable bonds is 3. The Labute approximate surface area is 75.6 Å². The first-order chi connectivity index (χ1) is 5.79. The smallest absolute Gasteiger partial charge is 0.149 e. The van der Waals surface area contributed by atoms with Crippen molar-refractivity contribution in [2.75, 3.05) is 12.9 Å². The number of aliphatic hydroxyl groups is 1. The molecule has 0 fully saturated rings. The number of benzene rings is 1. The van der Waals surface area contributed by atoms with Crippen LogP contribution in [-0.4, -0.2) is 18.0 Å². The van der Waals surface area contributed by atoms with E-state index in [4.69, 9.17) is 5.11 Å². The van der Waals surface area contributed by atoms with E-state index in [2.05, 4.69) is 0 Å². The van der Waals surface area contributed by atoms with Gasteiger partial charge in [0, 0.05) is 10.5 Å². The minimum atomic E-state index is -1.26. The number of thioether (sulfide) groups is 1. The molecule has 1 N–H and O–H groups in total. The van der Waals surface area contributed by atoms with Gasteiger partial charge in [-0.2, -0.15) is 0 Å². The van der Waals surface area contributed by atoms with Gasteiger partial charge in [0.05, 0.1) is 6.61 Å². The second-order valence-electron chi connectivity index (χ2n) is 2.39. The molecule has 3 heteroatoms. The third kappa shape index (κ3) is 1.99. The highest BCUT2D eigenvalue weighted by Crippen LogP contribution is 2.27. The third-order valence-electron chi connectivity index (χ3n) is 1.64. The predicted molar refractivity (Wildman–Crippen MR) is 49.2 cm³/mol. The van der Waals surface area contributed by atoms with Crippen LogP contribution in [0.25, 0.3) is 0 Å². The van der Waals surface area contributed by atoms with Gasteiger partial charge in [0.1, 0.15) is 6.17 Å². The molecule has 0 heterocycles. The minimum absolute atomic E-state index is 0.447. The van der Waals surface area contributed by atoms with Crippen molar-refractivity contribution >= 4 is 11.8 Å². The Morgan fingerprint density at radius 3 is 2.75 bits per heavy atom. The molecule has 1 aromatic rings. The maximum Gasteiger partial charge on any atom is 0.149 e. The summed E-state index contributed by atoms with van der Waals surface area (Å²) in [5, 5.41) is 8.62. The zero-order valence-corrected chi connectivity index (χ0v) is 7.64. The maximum absolute atomic E-state index is 13.0. The first-order valence-corrected chi connectivity index (χ1v) is 4.90. The Hall–Kier alpha value is -0.540. The highest BCUT2D eigenvalue weighted by atomic mass is 32.2.